The number of nitrogens with two attached hydrogens (primary N) is 1. The lowest BCUT2D eigenvalue weighted by Crippen LogP contribution is -2.13. The number of amides is 1. The van der Waals surface area contributed by atoms with Crippen LogP contribution in [0.25, 0.3) is 21.1 Å². The predicted molar refractivity (Wildman–Crippen MR) is 114 cm³/mol. The smallest absolute Gasteiger partial charge is 0.268 e. The Morgan fingerprint density at radius 2 is 2.04 bits per heavy atom. The molecule has 142 valence electrons. The third kappa shape index (κ3) is 3.20. The van der Waals surface area contributed by atoms with Crippen molar-refractivity contribution in [1.29, 1.82) is 0 Å². The molecule has 0 saturated carbocycles. The Bertz CT molecular complexity index is 1190. The van der Waals surface area contributed by atoms with Crippen LogP contribution in [-0.4, -0.2) is 24.6 Å². The normalized spacial score (nSPS) is 10.9. The highest BCUT2D eigenvalue weighted by molar-refractivity contribution is 7.21. The van der Waals surface area contributed by atoms with Crippen LogP contribution in [0.4, 0.5) is 11.4 Å². The number of thiophene rings is 1. The van der Waals surface area contributed by atoms with Crippen LogP contribution in [0.2, 0.25) is 0 Å². The van der Waals surface area contributed by atoms with Gasteiger partial charge >= 0.3 is 0 Å². The fourth-order valence-electron chi connectivity index (χ4n) is 3.00. The Kier molecular flexibility index (Phi) is 4.75. The van der Waals surface area contributed by atoms with Gasteiger partial charge in [-0.1, -0.05) is 12.1 Å². The molecule has 0 aliphatic rings. The zero-order valence-electron chi connectivity index (χ0n) is 15.5. The number of hydrogen-bond donors (Lipinski definition) is 2. The first kappa shape index (κ1) is 18.1. The SMILES string of the molecule is CCOc1ccccc1NC(=O)c1sc2nc3cc(OC)ccc3cc2c1N. The summed E-state index contributed by atoms with van der Waals surface area (Å²) in [5, 5.41) is 4.60. The summed E-state index contributed by atoms with van der Waals surface area (Å²) in [5.41, 5.74) is 8.12. The molecule has 1 amide bonds. The second-order valence-electron chi connectivity index (χ2n) is 6.13. The zero-order valence-corrected chi connectivity index (χ0v) is 16.3. The van der Waals surface area contributed by atoms with Crippen LogP contribution in [0.15, 0.2) is 48.5 Å². The summed E-state index contributed by atoms with van der Waals surface area (Å²) < 4.78 is 10.8. The molecule has 7 heteroatoms. The number of methoxy groups -OCH3 is 1. The third-order valence-corrected chi connectivity index (χ3v) is 5.48. The molecule has 0 spiro atoms. The number of aromatic nitrogens is 1. The van der Waals surface area contributed by atoms with E-state index in [4.69, 9.17) is 15.2 Å². The summed E-state index contributed by atoms with van der Waals surface area (Å²) in [6.07, 6.45) is 0. The minimum atomic E-state index is -0.283. The van der Waals surface area contributed by atoms with Crippen LogP contribution in [0.3, 0.4) is 0 Å². The number of anilines is 2. The Balaban J connectivity index is 1.73. The molecule has 0 atom stereocenters. The first-order valence-electron chi connectivity index (χ1n) is 8.80. The molecule has 28 heavy (non-hydrogen) atoms. The van der Waals surface area contributed by atoms with Gasteiger partial charge in [0.2, 0.25) is 0 Å². The molecule has 0 bridgehead atoms. The number of fused-ring (bicyclic) bond motifs is 2. The van der Waals surface area contributed by atoms with Gasteiger partial charge in [0, 0.05) is 16.8 Å². The average molecular weight is 393 g/mol. The standard InChI is InChI=1S/C21H19N3O3S/c1-3-27-17-7-5-4-6-15(17)23-20(25)19-18(22)14-10-12-8-9-13(26-2)11-16(12)24-21(14)28-19/h4-11H,3,22H2,1-2H3,(H,23,25). The van der Waals surface area contributed by atoms with E-state index in [0.29, 0.717) is 33.4 Å². The van der Waals surface area contributed by atoms with E-state index in [1.807, 2.05) is 49.4 Å². The van der Waals surface area contributed by atoms with Crippen LogP contribution >= 0.6 is 11.3 Å². The van der Waals surface area contributed by atoms with Gasteiger partial charge in [0.25, 0.3) is 5.91 Å². The van der Waals surface area contributed by atoms with Gasteiger partial charge in [0.1, 0.15) is 21.2 Å². The number of carbonyl (C=O) groups excluding carboxylic acids is 1. The van der Waals surface area contributed by atoms with Crippen LogP contribution in [0.5, 0.6) is 11.5 Å². The third-order valence-electron chi connectivity index (χ3n) is 4.36. The summed E-state index contributed by atoms with van der Waals surface area (Å²) in [6.45, 7) is 2.41. The Morgan fingerprint density at radius 3 is 2.82 bits per heavy atom. The maximum Gasteiger partial charge on any atom is 0.268 e. The molecule has 6 nitrogen and oxygen atoms in total. The topological polar surface area (TPSA) is 86.5 Å². The average Bonchev–Trinajstić information content (AvgIpc) is 3.03. The first-order valence-corrected chi connectivity index (χ1v) is 9.62. The highest BCUT2D eigenvalue weighted by Gasteiger charge is 2.19. The van der Waals surface area contributed by atoms with Gasteiger partial charge in [0.15, 0.2) is 0 Å². The molecular formula is C21H19N3O3S. The summed E-state index contributed by atoms with van der Waals surface area (Å²) >= 11 is 1.27. The molecular weight excluding hydrogens is 374 g/mol. The van der Waals surface area contributed by atoms with Crippen molar-refractivity contribution in [2.24, 2.45) is 0 Å². The monoisotopic (exact) mass is 393 g/mol. The fraction of sp³-hybridized carbons (Fsp3) is 0.143. The van der Waals surface area contributed by atoms with Crippen molar-refractivity contribution in [1.82, 2.24) is 4.98 Å². The Labute approximate surface area is 165 Å². The summed E-state index contributed by atoms with van der Waals surface area (Å²) in [4.78, 5) is 18.7. The lowest BCUT2D eigenvalue weighted by molar-refractivity contribution is 0.103. The summed E-state index contributed by atoms with van der Waals surface area (Å²) in [6, 6.07) is 14.9. The van der Waals surface area contributed by atoms with Gasteiger partial charge < -0.3 is 20.5 Å². The molecule has 0 aliphatic heterocycles. The molecule has 0 radical (unpaired) electrons. The van der Waals surface area contributed by atoms with Crippen molar-refractivity contribution >= 4 is 49.7 Å². The molecule has 3 N–H and O–H groups in total. The molecule has 2 aromatic heterocycles. The minimum Gasteiger partial charge on any atom is -0.497 e. The quantitative estimate of drug-likeness (QED) is 0.514. The molecule has 0 aliphatic carbocycles. The van der Waals surface area contributed by atoms with Gasteiger partial charge in [-0.3, -0.25) is 4.79 Å². The largest absolute Gasteiger partial charge is 0.497 e. The lowest BCUT2D eigenvalue weighted by Gasteiger charge is -2.10. The molecule has 2 aromatic carbocycles. The van der Waals surface area contributed by atoms with Crippen LogP contribution in [-0.2, 0) is 0 Å². The van der Waals surface area contributed by atoms with E-state index in [9.17, 15) is 4.79 Å². The first-order chi connectivity index (χ1) is 13.6. The van der Waals surface area contributed by atoms with E-state index in [-0.39, 0.29) is 5.91 Å². The summed E-state index contributed by atoms with van der Waals surface area (Å²) in [5.74, 6) is 1.07. The number of nitrogens with one attached hydrogen (secondary N) is 1. The number of benzene rings is 2. The molecule has 0 fully saturated rings. The number of nitrogen functional groups attached to an aromatic ring is 1. The zero-order chi connectivity index (χ0) is 19.7. The number of pyridine rings is 1. The predicted octanol–water partition coefficient (Wildman–Crippen LogP) is 4.69. The van der Waals surface area contributed by atoms with Crippen molar-refractivity contribution in [2.45, 2.75) is 6.92 Å². The Hall–Kier alpha value is -3.32. The van der Waals surface area contributed by atoms with Crippen LogP contribution in [0, 0.1) is 0 Å². The number of carbonyl (C=O) groups is 1. The van der Waals surface area contributed by atoms with Crippen molar-refractivity contribution in [3.8, 4) is 11.5 Å². The van der Waals surface area contributed by atoms with Gasteiger partial charge in [-0.15, -0.1) is 11.3 Å². The molecule has 4 aromatic rings. The maximum atomic E-state index is 12.9. The van der Waals surface area contributed by atoms with Crippen molar-refractivity contribution in [3.05, 3.63) is 53.4 Å². The second kappa shape index (κ2) is 7.36. The van der Waals surface area contributed by atoms with E-state index >= 15 is 0 Å². The minimum absolute atomic E-state index is 0.283. The van der Waals surface area contributed by atoms with Crippen molar-refractivity contribution in [3.63, 3.8) is 0 Å². The van der Waals surface area contributed by atoms with E-state index in [1.54, 1.807) is 13.2 Å². The van der Waals surface area contributed by atoms with E-state index in [0.717, 1.165) is 22.0 Å². The number of ether oxygens (including phenoxy) is 2. The fourth-order valence-corrected chi connectivity index (χ4v) is 3.98. The van der Waals surface area contributed by atoms with Gasteiger partial charge in [-0.2, -0.15) is 0 Å². The highest BCUT2D eigenvalue weighted by atomic mass is 32.1. The van der Waals surface area contributed by atoms with Crippen LogP contribution in [0.1, 0.15) is 16.6 Å². The molecule has 4 rings (SSSR count). The van der Waals surface area contributed by atoms with E-state index in [2.05, 4.69) is 10.3 Å². The van der Waals surface area contributed by atoms with E-state index in [1.165, 1.54) is 11.3 Å². The highest BCUT2D eigenvalue weighted by Crippen LogP contribution is 2.36. The summed E-state index contributed by atoms with van der Waals surface area (Å²) in [7, 11) is 1.62. The van der Waals surface area contributed by atoms with Crippen molar-refractivity contribution in [2.75, 3.05) is 24.8 Å². The molecule has 0 saturated heterocycles. The molecule has 0 unspecified atom stereocenters. The van der Waals surface area contributed by atoms with E-state index < -0.39 is 0 Å². The van der Waals surface area contributed by atoms with Gasteiger partial charge in [-0.25, -0.2) is 4.98 Å². The lowest BCUT2D eigenvalue weighted by atomic mass is 10.1. The molecule has 2 heterocycles. The van der Waals surface area contributed by atoms with Crippen LogP contribution < -0.4 is 20.5 Å². The number of nitrogens with zero attached hydrogens (tertiary/aromatic N) is 1. The number of hydrogen-bond acceptors (Lipinski definition) is 6. The second-order valence-corrected chi connectivity index (χ2v) is 7.13. The van der Waals surface area contributed by atoms with Gasteiger partial charge in [-0.05, 0) is 37.3 Å². The number of rotatable bonds is 5. The van der Waals surface area contributed by atoms with Gasteiger partial charge in [0.05, 0.1) is 30.6 Å². The Morgan fingerprint density at radius 1 is 1.21 bits per heavy atom. The number of para-hydroxylation sites is 2. The maximum absolute atomic E-state index is 12.9. The van der Waals surface area contributed by atoms with Crippen molar-refractivity contribution < 1.29 is 14.3 Å².